The summed E-state index contributed by atoms with van der Waals surface area (Å²) in [5, 5.41) is 0. The first kappa shape index (κ1) is 7.07. The summed E-state index contributed by atoms with van der Waals surface area (Å²) in [6.07, 6.45) is 4.39. The highest BCUT2D eigenvalue weighted by atomic mass is 16.5. The molecule has 0 amide bonds. The first-order valence-electron chi connectivity index (χ1n) is 3.94. The predicted octanol–water partition coefficient (Wildman–Crippen LogP) is 2.21. The maximum absolute atomic E-state index is 5.51. The van der Waals surface area contributed by atoms with Gasteiger partial charge in [-0.3, -0.25) is 0 Å². The van der Waals surface area contributed by atoms with Crippen LogP contribution >= 0.6 is 0 Å². The van der Waals surface area contributed by atoms with Gasteiger partial charge in [-0.15, -0.1) is 0 Å². The minimum atomic E-state index is 0.588. The molecule has 54 valence electrons. The monoisotopic (exact) mass is 128 g/mol. The Morgan fingerprint density at radius 2 is 2.33 bits per heavy atom. The van der Waals surface area contributed by atoms with E-state index in [2.05, 4.69) is 13.8 Å². The van der Waals surface area contributed by atoms with Gasteiger partial charge in [0.1, 0.15) is 0 Å². The van der Waals surface area contributed by atoms with E-state index >= 15 is 0 Å². The van der Waals surface area contributed by atoms with Crippen molar-refractivity contribution in [3.8, 4) is 0 Å². The maximum atomic E-state index is 5.51. The summed E-state index contributed by atoms with van der Waals surface area (Å²) >= 11 is 0. The lowest BCUT2D eigenvalue weighted by Crippen LogP contribution is -2.02. The van der Waals surface area contributed by atoms with Crippen molar-refractivity contribution in [3.63, 3.8) is 0 Å². The molecule has 2 unspecified atom stereocenters. The largest absolute Gasteiger partial charge is 0.378 e. The zero-order chi connectivity index (χ0) is 6.69. The Labute approximate surface area is 57.4 Å². The van der Waals surface area contributed by atoms with Crippen molar-refractivity contribution in [2.45, 2.75) is 39.2 Å². The van der Waals surface area contributed by atoms with Crippen LogP contribution in [0.3, 0.4) is 0 Å². The third-order valence-electron chi connectivity index (χ3n) is 1.89. The molecule has 1 fully saturated rings. The third-order valence-corrected chi connectivity index (χ3v) is 1.89. The molecule has 1 nitrogen and oxygen atoms in total. The zero-order valence-electron chi connectivity index (χ0n) is 6.39. The number of hydrogen-bond donors (Lipinski definition) is 0. The van der Waals surface area contributed by atoms with Crippen molar-refractivity contribution in [2.24, 2.45) is 5.92 Å². The van der Waals surface area contributed by atoms with Crippen LogP contribution in [0.15, 0.2) is 0 Å². The summed E-state index contributed by atoms with van der Waals surface area (Å²) in [6.45, 7) is 5.46. The smallest absolute Gasteiger partial charge is 0.0578 e. The van der Waals surface area contributed by atoms with Gasteiger partial charge in [0.2, 0.25) is 0 Å². The second kappa shape index (κ2) is 3.21. The van der Waals surface area contributed by atoms with Crippen LogP contribution in [0.25, 0.3) is 0 Å². The summed E-state index contributed by atoms with van der Waals surface area (Å²) in [4.78, 5) is 0. The number of ether oxygens (including phenoxy) is 1. The van der Waals surface area contributed by atoms with Gasteiger partial charge in [-0.25, -0.2) is 0 Å². The van der Waals surface area contributed by atoms with Gasteiger partial charge in [0, 0.05) is 6.61 Å². The SMILES string of the molecule is CCCC1CC(C)CO1. The van der Waals surface area contributed by atoms with Gasteiger partial charge in [-0.1, -0.05) is 20.3 Å². The highest BCUT2D eigenvalue weighted by Gasteiger charge is 2.20. The maximum Gasteiger partial charge on any atom is 0.0578 e. The average Bonchev–Trinajstić information content (AvgIpc) is 2.17. The van der Waals surface area contributed by atoms with E-state index in [1.54, 1.807) is 0 Å². The summed E-state index contributed by atoms with van der Waals surface area (Å²) in [7, 11) is 0. The van der Waals surface area contributed by atoms with Crippen LogP contribution in [0.2, 0.25) is 0 Å². The Morgan fingerprint density at radius 1 is 1.56 bits per heavy atom. The summed E-state index contributed by atoms with van der Waals surface area (Å²) < 4.78 is 5.51. The first-order chi connectivity index (χ1) is 4.33. The molecule has 1 rings (SSSR count). The number of rotatable bonds is 2. The lowest BCUT2D eigenvalue weighted by atomic mass is 10.1. The lowest BCUT2D eigenvalue weighted by molar-refractivity contribution is 0.100. The Bertz CT molecular complexity index is 78.6. The quantitative estimate of drug-likeness (QED) is 0.554. The van der Waals surface area contributed by atoms with Crippen LogP contribution in [-0.4, -0.2) is 12.7 Å². The molecule has 0 aromatic carbocycles. The molecule has 9 heavy (non-hydrogen) atoms. The molecule has 1 aliphatic heterocycles. The van der Waals surface area contributed by atoms with Gasteiger partial charge in [-0.05, 0) is 18.8 Å². The van der Waals surface area contributed by atoms with Crippen molar-refractivity contribution >= 4 is 0 Å². The van der Waals surface area contributed by atoms with Gasteiger partial charge in [0.05, 0.1) is 6.10 Å². The lowest BCUT2D eigenvalue weighted by Gasteiger charge is -2.04. The van der Waals surface area contributed by atoms with E-state index in [1.165, 1.54) is 19.3 Å². The van der Waals surface area contributed by atoms with Gasteiger partial charge in [-0.2, -0.15) is 0 Å². The molecule has 0 N–H and O–H groups in total. The van der Waals surface area contributed by atoms with Gasteiger partial charge in [0.25, 0.3) is 0 Å². The predicted molar refractivity (Wildman–Crippen MR) is 38.4 cm³/mol. The van der Waals surface area contributed by atoms with Crippen LogP contribution in [0, 0.1) is 5.92 Å². The molecular formula is C8H16O. The molecule has 0 aromatic heterocycles. The fraction of sp³-hybridized carbons (Fsp3) is 1.00. The van der Waals surface area contributed by atoms with Crippen molar-refractivity contribution in [1.29, 1.82) is 0 Å². The van der Waals surface area contributed by atoms with Gasteiger partial charge >= 0.3 is 0 Å². The number of hydrogen-bond acceptors (Lipinski definition) is 1. The standard InChI is InChI=1S/C8H16O/c1-3-4-8-5-7(2)6-9-8/h7-8H,3-6H2,1-2H3. The molecule has 2 atom stereocenters. The van der Waals surface area contributed by atoms with Crippen LogP contribution < -0.4 is 0 Å². The summed E-state index contributed by atoms with van der Waals surface area (Å²) in [5.41, 5.74) is 0. The van der Waals surface area contributed by atoms with Crippen LogP contribution in [0.1, 0.15) is 33.1 Å². The van der Waals surface area contributed by atoms with Crippen molar-refractivity contribution < 1.29 is 4.74 Å². The molecule has 1 heteroatoms. The molecule has 0 aromatic rings. The van der Waals surface area contributed by atoms with Crippen molar-refractivity contribution in [3.05, 3.63) is 0 Å². The molecule has 0 radical (unpaired) electrons. The van der Waals surface area contributed by atoms with E-state index in [-0.39, 0.29) is 0 Å². The highest BCUT2D eigenvalue weighted by Crippen LogP contribution is 2.21. The zero-order valence-corrected chi connectivity index (χ0v) is 6.39. The Hall–Kier alpha value is -0.0400. The molecular weight excluding hydrogens is 112 g/mol. The Morgan fingerprint density at radius 3 is 2.78 bits per heavy atom. The average molecular weight is 128 g/mol. The highest BCUT2D eigenvalue weighted by molar-refractivity contribution is 4.69. The van der Waals surface area contributed by atoms with E-state index < -0.39 is 0 Å². The van der Waals surface area contributed by atoms with Crippen LogP contribution in [0.5, 0.6) is 0 Å². The second-order valence-corrected chi connectivity index (χ2v) is 3.08. The molecule has 0 bridgehead atoms. The van der Waals surface area contributed by atoms with Gasteiger partial charge < -0.3 is 4.74 Å². The molecule has 0 spiro atoms. The fourth-order valence-corrected chi connectivity index (χ4v) is 1.41. The summed E-state index contributed by atoms with van der Waals surface area (Å²) in [5.74, 6) is 0.807. The van der Waals surface area contributed by atoms with Crippen molar-refractivity contribution in [2.75, 3.05) is 6.61 Å². The third kappa shape index (κ3) is 1.98. The topological polar surface area (TPSA) is 9.23 Å². The normalized spacial score (nSPS) is 35.3. The minimum absolute atomic E-state index is 0.588. The fourth-order valence-electron chi connectivity index (χ4n) is 1.41. The van der Waals surface area contributed by atoms with Crippen molar-refractivity contribution in [1.82, 2.24) is 0 Å². The molecule has 0 saturated carbocycles. The molecule has 0 aliphatic carbocycles. The Kier molecular flexibility index (Phi) is 2.52. The van der Waals surface area contributed by atoms with Crippen LogP contribution in [-0.2, 0) is 4.74 Å². The van der Waals surface area contributed by atoms with E-state index in [9.17, 15) is 0 Å². The van der Waals surface area contributed by atoms with E-state index in [0.717, 1.165) is 12.5 Å². The molecule has 1 heterocycles. The van der Waals surface area contributed by atoms with Crippen LogP contribution in [0.4, 0.5) is 0 Å². The van der Waals surface area contributed by atoms with Gasteiger partial charge in [0.15, 0.2) is 0 Å². The Balaban J connectivity index is 2.14. The molecule has 1 saturated heterocycles. The first-order valence-corrected chi connectivity index (χ1v) is 3.94. The summed E-state index contributed by atoms with van der Waals surface area (Å²) in [6, 6.07) is 0. The molecule has 1 aliphatic rings. The van der Waals surface area contributed by atoms with E-state index in [1.807, 2.05) is 0 Å². The van der Waals surface area contributed by atoms with E-state index in [4.69, 9.17) is 4.74 Å². The minimum Gasteiger partial charge on any atom is -0.378 e. The van der Waals surface area contributed by atoms with E-state index in [0.29, 0.717) is 6.10 Å². The second-order valence-electron chi connectivity index (χ2n) is 3.08.